The number of rotatable bonds is 5. The molecule has 0 saturated carbocycles. The molecular formula is C17H12ClF3N2O5S. The molecule has 2 aromatic carbocycles. The number of alkyl halides is 3. The third kappa shape index (κ3) is 4.81. The van der Waals surface area contributed by atoms with Crippen LogP contribution in [0.25, 0.3) is 11.0 Å². The van der Waals surface area contributed by atoms with Crippen molar-refractivity contribution in [1.82, 2.24) is 10.3 Å². The number of hydrazine groups is 1. The van der Waals surface area contributed by atoms with E-state index >= 15 is 0 Å². The Morgan fingerprint density at radius 1 is 1.17 bits per heavy atom. The number of halogens is 4. The summed E-state index contributed by atoms with van der Waals surface area (Å²) in [6.07, 6.45) is -5.10. The highest BCUT2D eigenvalue weighted by Crippen LogP contribution is 2.30. The molecule has 0 aliphatic heterocycles. The van der Waals surface area contributed by atoms with E-state index in [1.807, 2.05) is 5.43 Å². The van der Waals surface area contributed by atoms with E-state index in [1.54, 1.807) is 23.9 Å². The van der Waals surface area contributed by atoms with E-state index in [0.717, 1.165) is 17.7 Å². The van der Waals surface area contributed by atoms with E-state index in [9.17, 15) is 26.4 Å². The Morgan fingerprint density at radius 3 is 2.55 bits per heavy atom. The summed E-state index contributed by atoms with van der Waals surface area (Å²) in [6, 6.07) is 8.75. The minimum absolute atomic E-state index is 0.231. The number of nitrogens with one attached hydrogen (secondary N) is 2. The first-order chi connectivity index (χ1) is 13.5. The first-order valence-electron chi connectivity index (χ1n) is 7.83. The summed E-state index contributed by atoms with van der Waals surface area (Å²) < 4.78 is 71.1. The largest absolute Gasteiger partial charge is 0.573 e. The van der Waals surface area contributed by atoms with Gasteiger partial charge in [0.15, 0.2) is 11.3 Å². The number of carbonyl (C=O) groups is 1. The van der Waals surface area contributed by atoms with E-state index in [4.69, 9.17) is 16.0 Å². The van der Waals surface area contributed by atoms with Crippen LogP contribution in [-0.2, 0) is 10.0 Å². The molecule has 3 aromatic rings. The Hall–Kier alpha value is -2.76. The van der Waals surface area contributed by atoms with Crippen LogP contribution >= 0.6 is 11.6 Å². The minimum atomic E-state index is -5.10. The highest BCUT2D eigenvalue weighted by atomic mass is 35.5. The van der Waals surface area contributed by atoms with Crippen LogP contribution in [-0.4, -0.2) is 20.7 Å². The fourth-order valence-corrected chi connectivity index (χ4v) is 3.76. The third-order valence-electron chi connectivity index (χ3n) is 3.60. The number of hydrogen-bond acceptors (Lipinski definition) is 5. The lowest BCUT2D eigenvalue weighted by Crippen LogP contribution is -2.41. The number of amides is 1. The molecule has 0 bridgehead atoms. The number of furan rings is 1. The lowest BCUT2D eigenvalue weighted by atomic mass is 10.2. The van der Waals surface area contributed by atoms with Crippen molar-refractivity contribution in [1.29, 1.82) is 0 Å². The predicted octanol–water partition coefficient (Wildman–Crippen LogP) is 3.92. The summed E-state index contributed by atoms with van der Waals surface area (Å²) in [5.74, 6) is -2.18. The Morgan fingerprint density at radius 2 is 1.86 bits per heavy atom. The average Bonchev–Trinajstić information content (AvgIpc) is 3.03. The molecule has 1 heterocycles. The van der Waals surface area contributed by atoms with Crippen LogP contribution in [0.5, 0.6) is 5.75 Å². The average molecular weight is 449 g/mol. The highest BCUT2D eigenvalue weighted by Gasteiger charge is 2.34. The zero-order valence-electron chi connectivity index (χ0n) is 14.5. The molecule has 12 heteroatoms. The SMILES string of the molecule is Cc1cc(Cl)c2oc(C(=O)NNS(=O)(=O)c3ccccc3OC(F)(F)F)cc2c1. The van der Waals surface area contributed by atoms with Gasteiger partial charge in [-0.1, -0.05) is 23.7 Å². The summed E-state index contributed by atoms with van der Waals surface area (Å²) in [5, 5.41) is 0.782. The Labute approximate surface area is 167 Å². The van der Waals surface area contributed by atoms with Gasteiger partial charge in [-0.05, 0) is 42.8 Å². The van der Waals surface area contributed by atoms with Crippen molar-refractivity contribution in [3.05, 3.63) is 58.8 Å². The van der Waals surface area contributed by atoms with Crippen LogP contribution in [0.1, 0.15) is 16.1 Å². The fraction of sp³-hybridized carbons (Fsp3) is 0.118. The molecule has 7 nitrogen and oxygen atoms in total. The standard InChI is InChI=1S/C17H12ClF3N2O5S/c1-9-6-10-8-13(27-15(10)11(18)7-9)16(24)22-23-29(25,26)14-5-3-2-4-12(14)28-17(19,20)21/h2-8,23H,1H3,(H,22,24). The van der Waals surface area contributed by atoms with Crippen LogP contribution in [0, 0.1) is 6.92 Å². The van der Waals surface area contributed by atoms with E-state index in [-0.39, 0.29) is 16.4 Å². The van der Waals surface area contributed by atoms with Crippen molar-refractivity contribution >= 4 is 38.5 Å². The molecule has 0 spiro atoms. The van der Waals surface area contributed by atoms with Crippen LogP contribution in [0.3, 0.4) is 0 Å². The summed E-state index contributed by atoms with van der Waals surface area (Å²) in [7, 11) is -4.59. The maximum atomic E-state index is 12.5. The molecule has 1 aromatic heterocycles. The topological polar surface area (TPSA) is 97.6 Å². The first-order valence-corrected chi connectivity index (χ1v) is 9.69. The van der Waals surface area contributed by atoms with Crippen LogP contribution < -0.4 is 15.0 Å². The van der Waals surface area contributed by atoms with Crippen molar-refractivity contribution in [2.24, 2.45) is 0 Å². The molecule has 0 aliphatic carbocycles. The maximum Gasteiger partial charge on any atom is 0.573 e. The highest BCUT2D eigenvalue weighted by molar-refractivity contribution is 7.89. The molecule has 0 radical (unpaired) electrons. The molecule has 0 saturated heterocycles. The Balaban J connectivity index is 1.81. The zero-order valence-corrected chi connectivity index (χ0v) is 16.1. The van der Waals surface area contributed by atoms with Crippen LogP contribution in [0.4, 0.5) is 13.2 Å². The van der Waals surface area contributed by atoms with Gasteiger partial charge >= 0.3 is 12.3 Å². The molecule has 0 fully saturated rings. The van der Waals surface area contributed by atoms with Crippen LogP contribution in [0.2, 0.25) is 5.02 Å². The molecule has 3 rings (SSSR count). The van der Waals surface area contributed by atoms with Gasteiger partial charge in [-0.2, -0.15) is 0 Å². The van der Waals surface area contributed by atoms with Gasteiger partial charge in [-0.3, -0.25) is 10.2 Å². The number of sulfonamides is 1. The molecule has 0 aliphatic rings. The maximum absolute atomic E-state index is 12.5. The molecule has 0 atom stereocenters. The van der Waals surface area contributed by atoms with Crippen molar-refractivity contribution in [2.75, 3.05) is 0 Å². The number of benzene rings is 2. The molecule has 1 amide bonds. The van der Waals surface area contributed by atoms with Gasteiger partial charge in [0.1, 0.15) is 10.6 Å². The number of fused-ring (bicyclic) bond motifs is 1. The lowest BCUT2D eigenvalue weighted by Gasteiger charge is -2.14. The van der Waals surface area contributed by atoms with Gasteiger partial charge in [0.25, 0.3) is 10.0 Å². The van der Waals surface area contributed by atoms with Crippen molar-refractivity contribution in [3.63, 3.8) is 0 Å². The van der Waals surface area contributed by atoms with Crippen molar-refractivity contribution < 1.29 is 35.5 Å². The second kappa shape index (κ2) is 7.58. The van der Waals surface area contributed by atoms with Gasteiger partial charge < -0.3 is 9.15 Å². The van der Waals surface area contributed by atoms with Crippen molar-refractivity contribution in [3.8, 4) is 5.75 Å². The Bertz CT molecular complexity index is 1190. The molecule has 29 heavy (non-hydrogen) atoms. The second-order valence-corrected chi connectivity index (χ2v) is 7.89. The van der Waals surface area contributed by atoms with Gasteiger partial charge in [0, 0.05) is 5.39 Å². The van der Waals surface area contributed by atoms with E-state index in [0.29, 0.717) is 5.39 Å². The third-order valence-corrected chi connectivity index (χ3v) is 5.17. The number of ether oxygens (including phenoxy) is 1. The fourth-order valence-electron chi connectivity index (χ4n) is 2.47. The first kappa shape index (κ1) is 21.0. The predicted molar refractivity (Wildman–Crippen MR) is 96.9 cm³/mol. The molecule has 0 unspecified atom stereocenters. The van der Waals surface area contributed by atoms with E-state index in [2.05, 4.69) is 4.74 Å². The minimum Gasteiger partial charge on any atom is -0.449 e. The Kier molecular flexibility index (Phi) is 5.48. The second-order valence-electron chi connectivity index (χ2n) is 5.83. The smallest absolute Gasteiger partial charge is 0.449 e. The quantitative estimate of drug-likeness (QED) is 0.577. The van der Waals surface area contributed by atoms with E-state index in [1.165, 1.54) is 18.2 Å². The van der Waals surface area contributed by atoms with Gasteiger partial charge in [-0.25, -0.2) is 8.42 Å². The summed E-state index contributed by atoms with van der Waals surface area (Å²) in [5.41, 5.74) is 2.92. The number of aryl methyl sites for hydroxylation is 1. The molecule has 154 valence electrons. The summed E-state index contributed by atoms with van der Waals surface area (Å²) in [4.78, 5) is 13.1. The number of hydrogen-bond donors (Lipinski definition) is 2. The van der Waals surface area contributed by atoms with E-state index < -0.39 is 32.9 Å². The normalized spacial score (nSPS) is 12.2. The van der Waals surface area contributed by atoms with Gasteiger partial charge in [0.05, 0.1) is 5.02 Å². The lowest BCUT2D eigenvalue weighted by molar-refractivity contribution is -0.275. The number of para-hydroxylation sites is 1. The monoisotopic (exact) mass is 448 g/mol. The summed E-state index contributed by atoms with van der Waals surface area (Å²) in [6.45, 7) is 1.78. The van der Waals surface area contributed by atoms with Gasteiger partial charge in [-0.15, -0.1) is 18.0 Å². The van der Waals surface area contributed by atoms with Gasteiger partial charge in [0.2, 0.25) is 0 Å². The molecular weight excluding hydrogens is 437 g/mol. The molecule has 2 N–H and O–H groups in total. The summed E-state index contributed by atoms with van der Waals surface area (Å²) >= 11 is 6.04. The van der Waals surface area contributed by atoms with Crippen LogP contribution in [0.15, 0.2) is 51.8 Å². The zero-order chi connectivity index (χ0) is 21.4. The number of carbonyl (C=O) groups excluding carboxylic acids is 1. The van der Waals surface area contributed by atoms with Crippen molar-refractivity contribution in [2.45, 2.75) is 18.2 Å².